The van der Waals surface area contributed by atoms with Crippen molar-refractivity contribution in [1.82, 2.24) is 14.1 Å². The van der Waals surface area contributed by atoms with Crippen LogP contribution in [0.3, 0.4) is 0 Å². The van der Waals surface area contributed by atoms with Crippen LogP contribution in [-0.4, -0.2) is 19.9 Å². The van der Waals surface area contributed by atoms with Gasteiger partial charge in [0, 0.05) is 13.2 Å². The molecule has 3 heterocycles. The van der Waals surface area contributed by atoms with Gasteiger partial charge in [-0.1, -0.05) is 0 Å². The van der Waals surface area contributed by atoms with Gasteiger partial charge in [0.15, 0.2) is 5.78 Å². The lowest BCUT2D eigenvalue weighted by atomic mass is 10.3. The zero-order valence-corrected chi connectivity index (χ0v) is 11.1. The molecule has 3 aromatic rings. The Morgan fingerprint density at radius 3 is 3.00 bits per heavy atom. The summed E-state index contributed by atoms with van der Waals surface area (Å²) < 4.78 is 3.68. The Hall–Kier alpha value is -2.21. The smallest absolute Gasteiger partial charge is 0.271 e. The molecular formula is C13H11N3O2S. The van der Waals surface area contributed by atoms with E-state index in [2.05, 4.69) is 4.98 Å². The Bertz CT molecular complexity index is 813. The number of hydrogen-bond donors (Lipinski definition) is 0. The summed E-state index contributed by atoms with van der Waals surface area (Å²) in [5.41, 5.74) is 1.10. The maximum absolute atomic E-state index is 12.2. The minimum absolute atomic E-state index is 0.0114. The van der Waals surface area contributed by atoms with Gasteiger partial charge in [0.2, 0.25) is 0 Å². The van der Waals surface area contributed by atoms with E-state index in [0.29, 0.717) is 15.9 Å². The van der Waals surface area contributed by atoms with Crippen LogP contribution in [0.1, 0.15) is 10.5 Å². The average Bonchev–Trinajstić information content (AvgIpc) is 3.01. The van der Waals surface area contributed by atoms with Crippen molar-refractivity contribution < 1.29 is 4.79 Å². The molecule has 0 radical (unpaired) electrons. The quantitative estimate of drug-likeness (QED) is 0.682. The number of fused-ring (bicyclic) bond motifs is 1. The Morgan fingerprint density at radius 1 is 1.42 bits per heavy atom. The lowest BCUT2D eigenvalue weighted by molar-refractivity contribution is 0.0963. The molecule has 96 valence electrons. The largest absolute Gasteiger partial charge is 0.348 e. The van der Waals surface area contributed by atoms with Crippen LogP contribution in [0, 0.1) is 0 Å². The molecule has 0 saturated heterocycles. The molecule has 0 aliphatic heterocycles. The van der Waals surface area contributed by atoms with E-state index < -0.39 is 0 Å². The van der Waals surface area contributed by atoms with Crippen molar-refractivity contribution in [3.05, 3.63) is 52.2 Å². The van der Waals surface area contributed by atoms with Gasteiger partial charge in [0.1, 0.15) is 4.70 Å². The maximum atomic E-state index is 12.2. The fourth-order valence-corrected chi connectivity index (χ4v) is 2.77. The fraction of sp³-hybridized carbons (Fsp3) is 0.154. The zero-order chi connectivity index (χ0) is 13.4. The fourth-order valence-electron chi connectivity index (χ4n) is 1.98. The summed E-state index contributed by atoms with van der Waals surface area (Å²) in [5.74, 6) is -0.104. The van der Waals surface area contributed by atoms with E-state index in [9.17, 15) is 9.59 Å². The third-order valence-corrected chi connectivity index (χ3v) is 3.87. The molecule has 0 saturated carbocycles. The van der Waals surface area contributed by atoms with Crippen molar-refractivity contribution in [3.8, 4) is 0 Å². The van der Waals surface area contributed by atoms with Gasteiger partial charge >= 0.3 is 0 Å². The van der Waals surface area contributed by atoms with Crippen LogP contribution in [0.4, 0.5) is 0 Å². The Morgan fingerprint density at radius 2 is 2.26 bits per heavy atom. The van der Waals surface area contributed by atoms with Crippen LogP contribution in [0.15, 0.2) is 40.9 Å². The third-order valence-electron chi connectivity index (χ3n) is 2.98. The summed E-state index contributed by atoms with van der Waals surface area (Å²) in [6.45, 7) is 0.0114. The average molecular weight is 273 g/mol. The van der Waals surface area contributed by atoms with E-state index >= 15 is 0 Å². The minimum Gasteiger partial charge on any atom is -0.348 e. The van der Waals surface area contributed by atoms with Crippen LogP contribution >= 0.6 is 11.3 Å². The highest BCUT2D eigenvalue weighted by Crippen LogP contribution is 2.13. The Balaban J connectivity index is 1.98. The molecule has 3 rings (SSSR count). The highest BCUT2D eigenvalue weighted by Gasteiger charge is 2.12. The summed E-state index contributed by atoms with van der Waals surface area (Å²) >= 11 is 1.34. The predicted octanol–water partition coefficient (Wildman–Crippen LogP) is 1.68. The molecule has 3 aromatic heterocycles. The summed E-state index contributed by atoms with van der Waals surface area (Å²) in [4.78, 5) is 28.4. The number of aromatic nitrogens is 3. The summed E-state index contributed by atoms with van der Waals surface area (Å²) in [6, 6.07) is 5.34. The first-order chi connectivity index (χ1) is 9.16. The number of nitrogens with zero attached hydrogens (tertiary/aromatic N) is 3. The number of ketones is 1. The summed E-state index contributed by atoms with van der Waals surface area (Å²) in [6.07, 6.45) is 3.23. The van der Waals surface area contributed by atoms with Gasteiger partial charge in [0.25, 0.3) is 5.56 Å². The van der Waals surface area contributed by atoms with E-state index in [1.807, 2.05) is 5.38 Å². The van der Waals surface area contributed by atoms with Crippen molar-refractivity contribution in [2.45, 2.75) is 6.54 Å². The molecule has 0 unspecified atom stereocenters. The molecule has 5 nitrogen and oxygen atoms in total. The molecule has 0 aliphatic rings. The van der Waals surface area contributed by atoms with E-state index in [1.54, 1.807) is 36.0 Å². The van der Waals surface area contributed by atoms with Crippen LogP contribution in [-0.2, 0) is 13.6 Å². The number of Topliss-reactive ketones (excluding diaryl/α,β-unsaturated/α-hetero) is 1. The van der Waals surface area contributed by atoms with Crippen molar-refractivity contribution in [2.24, 2.45) is 7.05 Å². The van der Waals surface area contributed by atoms with Gasteiger partial charge in [-0.3, -0.25) is 14.2 Å². The van der Waals surface area contributed by atoms with Gasteiger partial charge in [-0.15, -0.1) is 11.3 Å². The van der Waals surface area contributed by atoms with Crippen LogP contribution in [0.2, 0.25) is 0 Å². The lowest BCUT2D eigenvalue weighted by Crippen LogP contribution is -2.24. The number of carbonyl (C=O) groups is 1. The summed E-state index contributed by atoms with van der Waals surface area (Å²) in [7, 11) is 1.80. The molecule has 0 aliphatic carbocycles. The Kier molecular flexibility index (Phi) is 2.79. The number of rotatable bonds is 3. The number of thiophene rings is 1. The van der Waals surface area contributed by atoms with E-state index in [4.69, 9.17) is 0 Å². The number of aryl methyl sites for hydroxylation is 1. The third kappa shape index (κ3) is 2.00. The maximum Gasteiger partial charge on any atom is 0.271 e. The number of hydrogen-bond acceptors (Lipinski definition) is 4. The molecule has 0 atom stereocenters. The van der Waals surface area contributed by atoms with E-state index in [1.165, 1.54) is 22.2 Å². The standard InChI is InChI=1S/C13H11N3O2S/c1-15-5-2-3-10(15)11(17)7-16-8-14-9-4-6-19-12(9)13(16)18/h2-6,8H,7H2,1H3. The highest BCUT2D eigenvalue weighted by atomic mass is 32.1. The normalized spacial score (nSPS) is 11.0. The van der Waals surface area contributed by atoms with Gasteiger partial charge in [-0.25, -0.2) is 4.98 Å². The molecular weight excluding hydrogens is 262 g/mol. The Labute approximate surface area is 112 Å². The van der Waals surface area contributed by atoms with Crippen molar-refractivity contribution in [3.63, 3.8) is 0 Å². The van der Waals surface area contributed by atoms with Gasteiger partial charge in [-0.2, -0.15) is 0 Å². The molecule has 0 aromatic carbocycles. The summed E-state index contributed by atoms with van der Waals surface area (Å²) in [5, 5.41) is 1.82. The molecule has 0 bridgehead atoms. The zero-order valence-electron chi connectivity index (χ0n) is 10.2. The second-order valence-corrected chi connectivity index (χ2v) is 5.16. The van der Waals surface area contributed by atoms with Gasteiger partial charge < -0.3 is 4.57 Å². The van der Waals surface area contributed by atoms with E-state index in [0.717, 1.165) is 0 Å². The first kappa shape index (κ1) is 11.9. The topological polar surface area (TPSA) is 56.9 Å². The van der Waals surface area contributed by atoms with Crippen LogP contribution in [0.25, 0.3) is 10.2 Å². The number of carbonyl (C=O) groups excluding carboxylic acids is 1. The molecule has 6 heteroatoms. The second kappa shape index (κ2) is 4.47. The second-order valence-electron chi connectivity index (χ2n) is 4.24. The van der Waals surface area contributed by atoms with E-state index in [-0.39, 0.29) is 17.9 Å². The van der Waals surface area contributed by atoms with Crippen molar-refractivity contribution >= 4 is 27.3 Å². The van der Waals surface area contributed by atoms with Gasteiger partial charge in [-0.05, 0) is 23.6 Å². The lowest BCUT2D eigenvalue weighted by Gasteiger charge is -2.05. The minimum atomic E-state index is -0.164. The first-order valence-corrected chi connectivity index (χ1v) is 6.62. The highest BCUT2D eigenvalue weighted by molar-refractivity contribution is 7.17. The van der Waals surface area contributed by atoms with Crippen LogP contribution < -0.4 is 5.56 Å². The van der Waals surface area contributed by atoms with Crippen molar-refractivity contribution in [2.75, 3.05) is 0 Å². The monoisotopic (exact) mass is 273 g/mol. The molecule has 0 amide bonds. The van der Waals surface area contributed by atoms with Gasteiger partial charge in [0.05, 0.1) is 24.1 Å². The predicted molar refractivity (Wildman–Crippen MR) is 73.6 cm³/mol. The van der Waals surface area contributed by atoms with Crippen molar-refractivity contribution in [1.29, 1.82) is 0 Å². The first-order valence-electron chi connectivity index (χ1n) is 5.74. The molecule has 0 N–H and O–H groups in total. The van der Waals surface area contributed by atoms with Crippen LogP contribution in [0.5, 0.6) is 0 Å². The molecule has 0 spiro atoms. The molecule has 0 fully saturated rings. The molecule has 19 heavy (non-hydrogen) atoms. The SMILES string of the molecule is Cn1cccc1C(=O)Cn1cnc2ccsc2c1=O.